The Hall–Kier alpha value is -3.76. The number of ether oxygens (including phenoxy) is 10. The lowest BCUT2D eigenvalue weighted by atomic mass is 9.88. The number of primary amides is 1. The molecule has 4 N–H and O–H groups in total. The van der Waals surface area contributed by atoms with Crippen molar-refractivity contribution < 1.29 is 80.9 Å². The third-order valence-electron chi connectivity index (χ3n) is 10.3. The molecule has 4 saturated heterocycles. The third kappa shape index (κ3) is 14.4. The summed E-state index contributed by atoms with van der Waals surface area (Å²) < 4.78 is 57.8. The molecule has 4 fully saturated rings. The number of amides is 3. The van der Waals surface area contributed by atoms with E-state index in [1.165, 1.54) is 6.92 Å². The molecular weight excluding hydrogens is 802 g/mol. The molecule has 0 bridgehead atoms. The number of hydrogen-bond donors (Lipinski definition) is 3. The third-order valence-corrected chi connectivity index (χ3v) is 11.8. The van der Waals surface area contributed by atoms with E-state index in [0.29, 0.717) is 37.5 Å². The van der Waals surface area contributed by atoms with E-state index in [1.807, 2.05) is 18.7 Å². The first-order valence-corrected chi connectivity index (χ1v) is 21.1. The summed E-state index contributed by atoms with van der Waals surface area (Å²) in [5.74, 6) is -2.43. The van der Waals surface area contributed by atoms with E-state index in [-0.39, 0.29) is 37.1 Å². The van der Waals surface area contributed by atoms with Gasteiger partial charge < -0.3 is 63.7 Å². The second-order valence-electron chi connectivity index (χ2n) is 14.9. The monoisotopic (exact) mass is 861 g/mol. The van der Waals surface area contributed by atoms with Crippen molar-refractivity contribution in [3.8, 4) is 0 Å². The zero-order valence-corrected chi connectivity index (χ0v) is 35.2. The number of nitrogens with one attached hydrogen (secondary N) is 2. The lowest BCUT2D eigenvalue weighted by molar-refractivity contribution is -0.362. The molecule has 0 radical (unpaired) electrons. The Morgan fingerprint density at radius 1 is 0.746 bits per heavy atom. The number of carbonyl (C=O) groups excluding carboxylic acids is 7. The van der Waals surface area contributed by atoms with Gasteiger partial charge in [0.15, 0.2) is 30.9 Å². The number of unbranched alkanes of at least 4 members (excludes halogenated alkanes) is 1. The normalized spacial score (nSPS) is 32.5. The van der Waals surface area contributed by atoms with Gasteiger partial charge in [-0.05, 0) is 25.7 Å². The van der Waals surface area contributed by atoms with Gasteiger partial charge in [0.05, 0.1) is 31.4 Å². The molecule has 0 saturated carbocycles. The number of carbonyl (C=O) groups is 7. The molecule has 0 aromatic rings. The van der Waals surface area contributed by atoms with Gasteiger partial charge in [0.1, 0.15) is 30.7 Å². The lowest BCUT2D eigenvalue weighted by Crippen LogP contribution is -2.65. The van der Waals surface area contributed by atoms with E-state index in [2.05, 4.69) is 10.6 Å². The molecule has 4 aliphatic rings. The minimum atomic E-state index is -1.64. The summed E-state index contributed by atoms with van der Waals surface area (Å²) in [6.45, 7) is 8.09. The smallest absolute Gasteiger partial charge is 0.405 e. The Morgan fingerprint density at radius 2 is 1.41 bits per heavy atom. The fourth-order valence-corrected chi connectivity index (χ4v) is 9.22. The van der Waals surface area contributed by atoms with Crippen LogP contribution in [0.1, 0.15) is 86.5 Å². The van der Waals surface area contributed by atoms with Crippen LogP contribution in [0.4, 0.5) is 9.59 Å². The van der Waals surface area contributed by atoms with E-state index in [4.69, 9.17) is 53.1 Å². The van der Waals surface area contributed by atoms with E-state index in [9.17, 15) is 33.6 Å². The summed E-state index contributed by atoms with van der Waals surface area (Å²) in [7, 11) is 0. The first kappa shape index (κ1) is 47.9. The number of Topliss-reactive ketones (excluding diaryl/α,β-unsaturated/α-hetero) is 1. The maximum Gasteiger partial charge on any atom is 0.405 e. The Balaban J connectivity index is 1.37. The van der Waals surface area contributed by atoms with Crippen molar-refractivity contribution in [2.75, 3.05) is 32.2 Å². The first-order chi connectivity index (χ1) is 28.1. The number of urea groups is 1. The van der Waals surface area contributed by atoms with Crippen LogP contribution in [-0.4, -0.2) is 147 Å². The number of thioether (sulfide) groups is 1. The lowest BCUT2D eigenvalue weighted by Gasteiger charge is -2.48. The van der Waals surface area contributed by atoms with Gasteiger partial charge in [0.25, 0.3) is 0 Å². The average Bonchev–Trinajstić information content (AvgIpc) is 3.71. The van der Waals surface area contributed by atoms with Crippen molar-refractivity contribution in [3.05, 3.63) is 0 Å². The van der Waals surface area contributed by atoms with Gasteiger partial charge in [-0.1, -0.05) is 20.3 Å². The minimum Gasteiger partial charge on any atom is -0.463 e. The van der Waals surface area contributed by atoms with E-state index >= 15 is 0 Å². The molecule has 3 amide bonds. The maximum atomic E-state index is 12.5. The van der Waals surface area contributed by atoms with Crippen LogP contribution in [0.5, 0.6) is 0 Å². The molecule has 0 spiro atoms. The molecule has 13 atom stereocenters. The Kier molecular flexibility index (Phi) is 18.9. The molecule has 0 aliphatic carbocycles. The van der Waals surface area contributed by atoms with Crippen LogP contribution in [-0.2, 0) is 71.3 Å². The summed E-state index contributed by atoms with van der Waals surface area (Å²) in [5, 5.41) is 6.29. The zero-order valence-electron chi connectivity index (χ0n) is 34.4. The number of fused-ring (bicyclic) bond motifs is 1. The van der Waals surface area contributed by atoms with Crippen molar-refractivity contribution in [1.82, 2.24) is 10.6 Å². The molecule has 4 heterocycles. The zero-order chi connectivity index (χ0) is 43.2. The van der Waals surface area contributed by atoms with Gasteiger partial charge >= 0.3 is 36.0 Å². The Bertz CT molecular complexity index is 1470. The molecule has 0 aromatic carbocycles. The number of nitrogens with two attached hydrogens (primary N) is 1. The highest BCUT2D eigenvalue weighted by atomic mass is 32.2. The molecule has 1 unspecified atom stereocenters. The van der Waals surface area contributed by atoms with Gasteiger partial charge in [0, 0.05) is 64.1 Å². The standard InChI is InChI=1S/C38H59N3O17S/c1-7-26-19(2)30(52-21(4)43)33(57-36-34(54-23(6)45)32(58-37(39)47)31(53-22(5)44)27(56-36)17-51-20(3)42)35(55-26)50-16-15-49-14-10-12-24(46)11-8-9-13-28-29-25(18-59-28)40-38(48)41-29/h19,25-36H,7-18H2,1-6H3,(H2,39,47)(H2,40,41,48)/t19-,25+,26+,27-,28+,29+,30+,31-,32+,33+,34+,35-,36?/m1/s1. The summed E-state index contributed by atoms with van der Waals surface area (Å²) in [6, 6.07) is 0.222. The van der Waals surface area contributed by atoms with Crippen LogP contribution in [0.3, 0.4) is 0 Å². The first-order valence-electron chi connectivity index (χ1n) is 20.0. The number of ketones is 1. The quantitative estimate of drug-likeness (QED) is 0.0606. The summed E-state index contributed by atoms with van der Waals surface area (Å²) in [4.78, 5) is 85.0. The van der Waals surface area contributed by atoms with E-state index in [0.717, 1.165) is 45.8 Å². The van der Waals surface area contributed by atoms with Gasteiger partial charge in [-0.25, -0.2) is 9.59 Å². The van der Waals surface area contributed by atoms with Gasteiger partial charge in [-0.15, -0.1) is 0 Å². The molecule has 21 heteroatoms. The van der Waals surface area contributed by atoms with Crippen LogP contribution in [0.15, 0.2) is 0 Å². The van der Waals surface area contributed by atoms with Crippen molar-refractivity contribution in [3.63, 3.8) is 0 Å². The average molecular weight is 862 g/mol. The fraction of sp³-hybridized carbons (Fsp3) is 0.816. The molecule has 20 nitrogen and oxygen atoms in total. The SMILES string of the molecule is CC[C@@H]1O[C@@H](OCCOCCCC(=O)CCCC[C@@H]2SC[C@@H]3NC(=O)N[C@@H]32)[C@@H](OC2O[C@H](COC(C)=O)[C@@H](OC(C)=O)[C@H](OC(N)=O)[C@@H]2OC(C)=O)[C@@H](OC(C)=O)[C@@H]1C. The predicted molar refractivity (Wildman–Crippen MR) is 204 cm³/mol. The van der Waals surface area contributed by atoms with Crippen molar-refractivity contribution in [2.45, 2.75) is 159 Å². The molecule has 334 valence electrons. The molecular formula is C38H59N3O17S. The van der Waals surface area contributed by atoms with Crippen LogP contribution in [0.2, 0.25) is 0 Å². The minimum absolute atomic E-state index is 0.0109. The highest BCUT2D eigenvalue weighted by Gasteiger charge is 2.56. The molecule has 4 rings (SSSR count). The summed E-state index contributed by atoms with van der Waals surface area (Å²) in [5.41, 5.74) is 5.38. The maximum absolute atomic E-state index is 12.5. The number of hydrogen-bond acceptors (Lipinski definition) is 18. The van der Waals surface area contributed by atoms with E-state index in [1.54, 1.807) is 6.92 Å². The second kappa shape index (κ2) is 23.3. The van der Waals surface area contributed by atoms with E-state index < -0.39 is 97.8 Å². The topological polar surface area (TPSA) is 262 Å². The van der Waals surface area contributed by atoms with Crippen LogP contribution in [0, 0.1) is 5.92 Å². The largest absolute Gasteiger partial charge is 0.463 e. The molecule has 59 heavy (non-hydrogen) atoms. The second-order valence-corrected chi connectivity index (χ2v) is 16.1. The Labute approximate surface area is 347 Å². The summed E-state index contributed by atoms with van der Waals surface area (Å²) >= 11 is 1.86. The highest BCUT2D eigenvalue weighted by Crippen LogP contribution is 2.37. The Morgan fingerprint density at radius 3 is 2.07 bits per heavy atom. The van der Waals surface area contributed by atoms with Crippen LogP contribution in [0.25, 0.3) is 0 Å². The van der Waals surface area contributed by atoms with Crippen LogP contribution >= 0.6 is 11.8 Å². The van der Waals surface area contributed by atoms with Crippen molar-refractivity contribution in [2.24, 2.45) is 11.7 Å². The molecule has 0 aromatic heterocycles. The fourth-order valence-electron chi connectivity index (χ4n) is 7.68. The van der Waals surface area contributed by atoms with Gasteiger partial charge in [-0.2, -0.15) is 11.8 Å². The summed E-state index contributed by atoms with van der Waals surface area (Å²) in [6.07, 6.45) is -8.44. The van der Waals surface area contributed by atoms with Crippen molar-refractivity contribution in [1.29, 1.82) is 0 Å². The number of rotatable bonds is 22. The number of esters is 4. The van der Waals surface area contributed by atoms with Gasteiger partial charge in [0.2, 0.25) is 0 Å². The molecule has 4 aliphatic heterocycles. The highest BCUT2D eigenvalue weighted by molar-refractivity contribution is 8.00. The predicted octanol–water partition coefficient (Wildman–Crippen LogP) is 1.80. The van der Waals surface area contributed by atoms with Crippen molar-refractivity contribution >= 4 is 53.5 Å². The van der Waals surface area contributed by atoms with Crippen LogP contribution < -0.4 is 16.4 Å². The van der Waals surface area contributed by atoms with Gasteiger partial charge in [-0.3, -0.25) is 24.0 Å².